The molecule has 0 amide bonds. The number of aliphatic hydroxyl groups is 1. The zero-order valence-electron chi connectivity index (χ0n) is 13.7. The van der Waals surface area contributed by atoms with Crippen LogP contribution in [0.15, 0.2) is 36.4 Å². The molecule has 0 spiro atoms. The topological polar surface area (TPSA) is 86.2 Å². The Labute approximate surface area is 140 Å². The Balaban J connectivity index is 2.04. The van der Waals surface area contributed by atoms with Crippen molar-refractivity contribution in [2.24, 2.45) is 0 Å². The molecule has 2 aromatic carbocycles. The first-order valence-corrected chi connectivity index (χ1v) is 7.92. The number of imidazole rings is 1. The van der Waals surface area contributed by atoms with Crippen LogP contribution < -0.4 is 0 Å². The molecule has 0 aliphatic carbocycles. The van der Waals surface area contributed by atoms with Gasteiger partial charge in [-0.05, 0) is 43.0 Å². The van der Waals surface area contributed by atoms with E-state index in [9.17, 15) is 9.90 Å². The van der Waals surface area contributed by atoms with Crippen molar-refractivity contribution in [3.63, 3.8) is 0 Å². The number of aliphatic carboxylic acids is 1. The molecular weight excluding hydrogens is 304 g/mol. The third-order valence-electron chi connectivity index (χ3n) is 4.39. The van der Waals surface area contributed by atoms with Crippen LogP contribution in [-0.2, 0) is 4.79 Å². The lowest BCUT2D eigenvalue weighted by molar-refractivity contribution is -0.137. The summed E-state index contributed by atoms with van der Waals surface area (Å²) >= 11 is 0. The number of H-pyrrole nitrogens is 1. The Hall–Kier alpha value is -2.66. The molecule has 3 N–H and O–H groups in total. The number of nitrogens with zero attached hydrogens (tertiary/aromatic N) is 1. The molecular formula is C19H20N2O3. The van der Waals surface area contributed by atoms with Crippen LogP contribution >= 0.6 is 0 Å². The molecule has 0 aliphatic heterocycles. The summed E-state index contributed by atoms with van der Waals surface area (Å²) in [5.74, 6) is -0.231. The van der Waals surface area contributed by atoms with Gasteiger partial charge < -0.3 is 15.2 Å². The largest absolute Gasteiger partial charge is 0.481 e. The smallest absolute Gasteiger partial charge is 0.303 e. The highest BCUT2D eigenvalue weighted by Crippen LogP contribution is 2.31. The third-order valence-corrected chi connectivity index (χ3v) is 4.39. The molecule has 0 fully saturated rings. The van der Waals surface area contributed by atoms with Gasteiger partial charge in [-0.3, -0.25) is 4.79 Å². The molecule has 1 atom stereocenters. The predicted molar refractivity (Wildman–Crippen MR) is 92.8 cm³/mol. The van der Waals surface area contributed by atoms with Gasteiger partial charge in [0.25, 0.3) is 0 Å². The maximum Gasteiger partial charge on any atom is 0.303 e. The minimum absolute atomic E-state index is 0.0755. The monoisotopic (exact) mass is 324 g/mol. The van der Waals surface area contributed by atoms with Gasteiger partial charge in [-0.2, -0.15) is 0 Å². The molecule has 0 aliphatic rings. The number of benzene rings is 2. The quantitative estimate of drug-likeness (QED) is 0.667. The Bertz CT molecular complexity index is 899. The van der Waals surface area contributed by atoms with E-state index in [1.807, 2.05) is 50.2 Å². The Morgan fingerprint density at radius 2 is 1.96 bits per heavy atom. The van der Waals surface area contributed by atoms with E-state index < -0.39 is 12.1 Å². The number of aromatic nitrogens is 2. The lowest BCUT2D eigenvalue weighted by Crippen LogP contribution is -2.04. The summed E-state index contributed by atoms with van der Waals surface area (Å²) < 4.78 is 0. The molecule has 5 nitrogen and oxygen atoms in total. The zero-order valence-corrected chi connectivity index (χ0v) is 13.7. The van der Waals surface area contributed by atoms with E-state index in [0.717, 1.165) is 22.2 Å². The Kier molecular flexibility index (Phi) is 4.36. The third kappa shape index (κ3) is 3.03. The molecule has 3 aromatic rings. The van der Waals surface area contributed by atoms with Crippen molar-refractivity contribution in [1.29, 1.82) is 0 Å². The average Bonchev–Trinajstić information content (AvgIpc) is 3.01. The van der Waals surface area contributed by atoms with Crippen molar-refractivity contribution in [1.82, 2.24) is 9.97 Å². The first kappa shape index (κ1) is 16.2. The highest BCUT2D eigenvalue weighted by molar-refractivity contribution is 5.83. The molecule has 124 valence electrons. The maximum atomic E-state index is 10.7. The van der Waals surface area contributed by atoms with Gasteiger partial charge in [-0.25, -0.2) is 4.98 Å². The molecule has 5 heteroatoms. The van der Waals surface area contributed by atoms with Crippen LogP contribution in [-0.4, -0.2) is 26.2 Å². The van der Waals surface area contributed by atoms with E-state index in [2.05, 4.69) is 4.98 Å². The molecule has 0 bridgehead atoms. The second kappa shape index (κ2) is 6.45. The molecule has 0 saturated carbocycles. The van der Waals surface area contributed by atoms with Crippen LogP contribution in [0.1, 0.15) is 35.6 Å². The van der Waals surface area contributed by atoms with Crippen molar-refractivity contribution >= 4 is 17.0 Å². The number of rotatable bonds is 5. The van der Waals surface area contributed by atoms with Gasteiger partial charge in [0.05, 0.1) is 17.1 Å². The molecule has 24 heavy (non-hydrogen) atoms. The predicted octanol–water partition coefficient (Wildman–Crippen LogP) is 3.74. The minimum Gasteiger partial charge on any atom is -0.481 e. The van der Waals surface area contributed by atoms with Crippen molar-refractivity contribution in [2.45, 2.75) is 32.8 Å². The number of fused-ring (bicyclic) bond motifs is 1. The van der Waals surface area contributed by atoms with Gasteiger partial charge in [0.15, 0.2) is 0 Å². The lowest BCUT2D eigenvalue weighted by Gasteiger charge is -2.13. The molecule has 1 aromatic heterocycles. The van der Waals surface area contributed by atoms with Crippen molar-refractivity contribution in [3.05, 3.63) is 53.1 Å². The van der Waals surface area contributed by atoms with Crippen molar-refractivity contribution < 1.29 is 15.0 Å². The van der Waals surface area contributed by atoms with Gasteiger partial charge in [0, 0.05) is 12.0 Å². The number of nitrogens with one attached hydrogen (secondary N) is 1. The van der Waals surface area contributed by atoms with E-state index in [-0.39, 0.29) is 12.8 Å². The van der Waals surface area contributed by atoms with Gasteiger partial charge in [-0.15, -0.1) is 0 Å². The summed E-state index contributed by atoms with van der Waals surface area (Å²) in [4.78, 5) is 18.7. The van der Waals surface area contributed by atoms with Crippen LogP contribution in [0.25, 0.3) is 22.4 Å². The van der Waals surface area contributed by atoms with Gasteiger partial charge in [0.2, 0.25) is 0 Å². The fourth-order valence-corrected chi connectivity index (χ4v) is 2.86. The van der Waals surface area contributed by atoms with Crippen LogP contribution in [0.4, 0.5) is 0 Å². The van der Waals surface area contributed by atoms with Crippen molar-refractivity contribution in [2.75, 3.05) is 0 Å². The van der Waals surface area contributed by atoms with Crippen molar-refractivity contribution in [3.8, 4) is 11.4 Å². The number of aryl methyl sites for hydroxylation is 2. The molecule has 1 heterocycles. The van der Waals surface area contributed by atoms with E-state index >= 15 is 0 Å². The summed E-state index contributed by atoms with van der Waals surface area (Å²) in [7, 11) is 0. The standard InChI is InChI=1S/C19H20N2O3/c1-11-7-8-15-18(12(11)2)21-19(20-15)14-6-4-3-5-13(14)16(22)9-10-17(23)24/h3-8,16,22H,9-10H2,1-2H3,(H,20,21)(H,23,24). The molecule has 0 radical (unpaired) electrons. The Morgan fingerprint density at radius 1 is 1.21 bits per heavy atom. The second-order valence-electron chi connectivity index (χ2n) is 6.02. The second-order valence-corrected chi connectivity index (χ2v) is 6.02. The van der Waals surface area contributed by atoms with Crippen LogP contribution in [0.3, 0.4) is 0 Å². The summed E-state index contributed by atoms with van der Waals surface area (Å²) in [5, 5.41) is 19.2. The highest BCUT2D eigenvalue weighted by Gasteiger charge is 2.17. The lowest BCUT2D eigenvalue weighted by atomic mass is 9.98. The number of carboxylic acid groups (broad SMARTS) is 1. The number of hydrogen-bond acceptors (Lipinski definition) is 3. The summed E-state index contributed by atoms with van der Waals surface area (Å²) in [6, 6.07) is 11.5. The Morgan fingerprint density at radius 3 is 2.71 bits per heavy atom. The van der Waals surface area contributed by atoms with E-state index in [4.69, 9.17) is 10.1 Å². The van der Waals surface area contributed by atoms with Gasteiger partial charge >= 0.3 is 5.97 Å². The summed E-state index contributed by atoms with van der Waals surface area (Å²) in [6.07, 6.45) is -0.744. The fourth-order valence-electron chi connectivity index (χ4n) is 2.86. The summed E-state index contributed by atoms with van der Waals surface area (Å²) in [6.45, 7) is 4.09. The van der Waals surface area contributed by atoms with Crippen LogP contribution in [0.5, 0.6) is 0 Å². The number of hydrogen-bond donors (Lipinski definition) is 3. The number of carboxylic acids is 1. The van der Waals surface area contributed by atoms with E-state index in [1.54, 1.807) is 0 Å². The summed E-state index contributed by atoms with van der Waals surface area (Å²) in [5.41, 5.74) is 5.65. The number of aromatic amines is 1. The maximum absolute atomic E-state index is 10.7. The fraction of sp³-hybridized carbons (Fsp3) is 0.263. The van der Waals surface area contributed by atoms with Crippen LogP contribution in [0, 0.1) is 13.8 Å². The van der Waals surface area contributed by atoms with Gasteiger partial charge in [0.1, 0.15) is 5.82 Å². The highest BCUT2D eigenvalue weighted by atomic mass is 16.4. The average molecular weight is 324 g/mol. The van der Waals surface area contributed by atoms with Crippen LogP contribution in [0.2, 0.25) is 0 Å². The first-order valence-electron chi connectivity index (χ1n) is 7.92. The van der Waals surface area contributed by atoms with E-state index in [1.165, 1.54) is 5.56 Å². The number of carbonyl (C=O) groups is 1. The molecule has 0 saturated heterocycles. The zero-order chi connectivity index (χ0) is 17.3. The molecule has 3 rings (SSSR count). The SMILES string of the molecule is Cc1ccc2[nH]c(-c3ccccc3C(O)CCC(=O)O)nc2c1C. The normalized spacial score (nSPS) is 12.5. The van der Waals surface area contributed by atoms with Gasteiger partial charge in [-0.1, -0.05) is 30.3 Å². The molecule has 1 unspecified atom stereocenters. The van der Waals surface area contributed by atoms with E-state index in [0.29, 0.717) is 11.4 Å². The number of aliphatic hydroxyl groups excluding tert-OH is 1. The minimum atomic E-state index is -0.915. The first-order chi connectivity index (χ1) is 11.5.